The van der Waals surface area contributed by atoms with Crippen LogP contribution in [-0.2, 0) is 14.3 Å². The number of benzene rings is 1. The Bertz CT molecular complexity index is 566. The molecule has 0 bridgehead atoms. The highest BCUT2D eigenvalue weighted by Crippen LogP contribution is 2.34. The van der Waals surface area contributed by atoms with E-state index in [1.165, 1.54) is 19.2 Å². The highest BCUT2D eigenvalue weighted by atomic mass is 16.5. The van der Waals surface area contributed by atoms with Crippen molar-refractivity contribution in [3.05, 3.63) is 17.7 Å². The van der Waals surface area contributed by atoms with Gasteiger partial charge in [-0.05, 0) is 12.1 Å². The Morgan fingerprint density at radius 1 is 1.21 bits per heavy atom. The first-order valence-electron chi connectivity index (χ1n) is 7.03. The van der Waals surface area contributed by atoms with Gasteiger partial charge in [-0.1, -0.05) is 0 Å². The van der Waals surface area contributed by atoms with Crippen molar-refractivity contribution in [2.24, 2.45) is 5.73 Å². The van der Waals surface area contributed by atoms with Crippen LogP contribution in [0.15, 0.2) is 12.1 Å². The summed E-state index contributed by atoms with van der Waals surface area (Å²) >= 11 is 0. The molecular weight excluding hydrogens is 322 g/mol. The van der Waals surface area contributed by atoms with Crippen molar-refractivity contribution < 1.29 is 34.1 Å². The monoisotopic (exact) mass is 343 g/mol. The van der Waals surface area contributed by atoms with Crippen LogP contribution in [-0.4, -0.2) is 62.2 Å². The molecule has 2 amide bonds. The largest absolute Gasteiger partial charge is 0.505 e. The van der Waals surface area contributed by atoms with Crippen LogP contribution in [0.4, 0.5) is 5.69 Å². The van der Waals surface area contributed by atoms with Crippen molar-refractivity contribution >= 4 is 17.5 Å². The zero-order valence-electron chi connectivity index (χ0n) is 13.2. The van der Waals surface area contributed by atoms with Crippen LogP contribution >= 0.6 is 0 Å². The molecule has 0 spiro atoms. The van der Waals surface area contributed by atoms with Crippen molar-refractivity contribution in [3.8, 4) is 11.5 Å². The lowest BCUT2D eigenvalue weighted by molar-refractivity contribution is -0.121. The summed E-state index contributed by atoms with van der Waals surface area (Å²) in [6.45, 7) is 0.772. The number of amides is 2. The van der Waals surface area contributed by atoms with Gasteiger partial charge in [0.1, 0.15) is 17.9 Å². The molecule has 0 radical (unpaired) electrons. The van der Waals surface area contributed by atoms with Crippen LogP contribution in [0.5, 0.6) is 11.5 Å². The fourth-order valence-corrected chi connectivity index (χ4v) is 1.77. The highest BCUT2D eigenvalue weighted by Gasteiger charge is 2.19. The van der Waals surface area contributed by atoms with E-state index in [1.807, 2.05) is 5.48 Å². The Labute approximate surface area is 138 Å². The first kappa shape index (κ1) is 19.6. The van der Waals surface area contributed by atoms with E-state index in [1.54, 1.807) is 0 Å². The third-order valence-corrected chi connectivity index (χ3v) is 2.84. The van der Waals surface area contributed by atoms with E-state index in [9.17, 15) is 14.7 Å². The van der Waals surface area contributed by atoms with Crippen molar-refractivity contribution in [2.45, 2.75) is 0 Å². The molecule has 1 rings (SSSR count). The number of rotatable bonds is 11. The highest BCUT2D eigenvalue weighted by molar-refractivity contribution is 6.02. The lowest BCUT2D eigenvalue weighted by atomic mass is 10.1. The molecule has 1 aromatic rings. The molecule has 134 valence electrons. The van der Waals surface area contributed by atoms with Gasteiger partial charge in [-0.15, -0.1) is 0 Å². The normalized spacial score (nSPS) is 10.4. The molecule has 0 aliphatic carbocycles. The predicted molar refractivity (Wildman–Crippen MR) is 83.2 cm³/mol. The van der Waals surface area contributed by atoms with Crippen LogP contribution in [0.25, 0.3) is 0 Å². The van der Waals surface area contributed by atoms with Crippen molar-refractivity contribution in [3.63, 3.8) is 0 Å². The summed E-state index contributed by atoms with van der Waals surface area (Å²) in [5.41, 5.74) is 6.92. The molecule has 10 nitrogen and oxygen atoms in total. The average Bonchev–Trinajstić information content (AvgIpc) is 2.55. The number of primary amides is 1. The Balaban J connectivity index is 2.50. The summed E-state index contributed by atoms with van der Waals surface area (Å²) in [5, 5.41) is 20.8. The minimum Gasteiger partial charge on any atom is -0.505 e. The smallest absolute Gasteiger partial charge is 0.256 e. The molecule has 0 unspecified atom stereocenters. The van der Waals surface area contributed by atoms with Gasteiger partial charge in [-0.3, -0.25) is 9.59 Å². The quantitative estimate of drug-likeness (QED) is 0.204. The summed E-state index contributed by atoms with van der Waals surface area (Å²) < 4.78 is 15.1. The fourth-order valence-electron chi connectivity index (χ4n) is 1.77. The summed E-state index contributed by atoms with van der Waals surface area (Å²) in [6.07, 6.45) is 0. The van der Waals surface area contributed by atoms with Gasteiger partial charge < -0.3 is 35.6 Å². The van der Waals surface area contributed by atoms with Crippen molar-refractivity contribution in [1.29, 1.82) is 0 Å². The molecule has 24 heavy (non-hydrogen) atoms. The number of carbonyl (C=O) groups excluding carboxylic acids is 2. The number of hydroxylamine groups is 1. The maximum Gasteiger partial charge on any atom is 0.256 e. The SMILES string of the molecule is COc1ccc(NC(=O)COCCOCCNO)c(O)c1C(N)=O. The maximum absolute atomic E-state index is 11.8. The maximum atomic E-state index is 11.8. The standard InChI is InChI=1S/C14H21N3O7/c1-22-10-3-2-9(13(19)12(10)14(15)20)17-11(18)8-24-7-6-23-5-4-16-21/h2-3,16,19,21H,4-8H2,1H3,(H2,15,20)(H,17,18). The first-order valence-corrected chi connectivity index (χ1v) is 7.03. The summed E-state index contributed by atoms with van der Waals surface area (Å²) in [4.78, 5) is 23.1. The third kappa shape index (κ3) is 6.01. The molecule has 0 aromatic heterocycles. The van der Waals surface area contributed by atoms with Gasteiger partial charge in [0.05, 0.1) is 32.6 Å². The second-order valence-corrected chi connectivity index (χ2v) is 4.52. The fraction of sp³-hybridized carbons (Fsp3) is 0.429. The zero-order valence-corrected chi connectivity index (χ0v) is 13.2. The number of ether oxygens (including phenoxy) is 3. The van der Waals surface area contributed by atoms with E-state index in [2.05, 4.69) is 5.32 Å². The lowest BCUT2D eigenvalue weighted by Gasteiger charge is -2.13. The second kappa shape index (κ2) is 10.4. The Hall–Kier alpha value is -2.40. The summed E-state index contributed by atoms with van der Waals surface area (Å²) in [6, 6.07) is 2.78. The minimum absolute atomic E-state index is 0.0171. The van der Waals surface area contributed by atoms with Crippen LogP contribution in [0, 0.1) is 0 Å². The number of aromatic hydroxyl groups is 1. The third-order valence-electron chi connectivity index (χ3n) is 2.84. The number of hydrogen-bond acceptors (Lipinski definition) is 8. The van der Waals surface area contributed by atoms with Gasteiger partial charge in [-0.25, -0.2) is 5.48 Å². The molecule has 0 saturated carbocycles. The van der Waals surface area contributed by atoms with Crippen LogP contribution in [0.1, 0.15) is 10.4 Å². The van der Waals surface area contributed by atoms with Crippen LogP contribution in [0.3, 0.4) is 0 Å². The molecule has 0 saturated heterocycles. The van der Waals surface area contributed by atoms with E-state index < -0.39 is 17.6 Å². The number of anilines is 1. The van der Waals surface area contributed by atoms with E-state index in [4.69, 9.17) is 25.2 Å². The molecule has 0 aliphatic heterocycles. The van der Waals surface area contributed by atoms with Gasteiger partial charge in [-0.2, -0.15) is 0 Å². The van der Waals surface area contributed by atoms with E-state index in [0.717, 1.165) is 0 Å². The molecule has 0 aliphatic rings. The summed E-state index contributed by atoms with van der Waals surface area (Å²) in [5.74, 6) is -1.78. The molecule has 6 N–H and O–H groups in total. The molecular formula is C14H21N3O7. The van der Waals surface area contributed by atoms with Crippen LogP contribution in [0.2, 0.25) is 0 Å². The van der Waals surface area contributed by atoms with Crippen molar-refractivity contribution in [2.75, 3.05) is 45.4 Å². The molecule has 0 atom stereocenters. The van der Waals surface area contributed by atoms with E-state index in [-0.39, 0.29) is 36.8 Å². The van der Waals surface area contributed by atoms with Crippen LogP contribution < -0.4 is 21.3 Å². The first-order chi connectivity index (χ1) is 11.5. The molecule has 0 fully saturated rings. The topological polar surface area (TPSA) is 152 Å². The summed E-state index contributed by atoms with van der Waals surface area (Å²) in [7, 11) is 1.33. The second-order valence-electron chi connectivity index (χ2n) is 4.52. The van der Waals surface area contributed by atoms with E-state index in [0.29, 0.717) is 13.2 Å². The number of methoxy groups -OCH3 is 1. The van der Waals surface area contributed by atoms with E-state index >= 15 is 0 Å². The lowest BCUT2D eigenvalue weighted by Crippen LogP contribution is -2.21. The Morgan fingerprint density at radius 2 is 1.92 bits per heavy atom. The Kier molecular flexibility index (Phi) is 8.50. The van der Waals surface area contributed by atoms with Gasteiger partial charge in [0, 0.05) is 6.54 Å². The molecule has 0 heterocycles. The Morgan fingerprint density at radius 3 is 2.54 bits per heavy atom. The zero-order chi connectivity index (χ0) is 17.9. The number of carbonyl (C=O) groups is 2. The van der Waals surface area contributed by atoms with Gasteiger partial charge in [0.15, 0.2) is 5.75 Å². The number of nitrogens with one attached hydrogen (secondary N) is 2. The predicted octanol–water partition coefficient (Wildman–Crippen LogP) is -0.550. The van der Waals surface area contributed by atoms with Gasteiger partial charge in [0.2, 0.25) is 5.91 Å². The minimum atomic E-state index is -0.883. The number of nitrogens with two attached hydrogens (primary N) is 1. The number of phenols is 1. The van der Waals surface area contributed by atoms with Crippen molar-refractivity contribution in [1.82, 2.24) is 5.48 Å². The van der Waals surface area contributed by atoms with Gasteiger partial charge >= 0.3 is 0 Å². The number of hydrogen-bond donors (Lipinski definition) is 5. The average molecular weight is 343 g/mol. The molecule has 10 heteroatoms. The molecule has 1 aromatic carbocycles. The van der Waals surface area contributed by atoms with Gasteiger partial charge in [0.25, 0.3) is 5.91 Å².